The Bertz CT molecular complexity index is 2570. The van der Waals surface area contributed by atoms with Gasteiger partial charge in [-0.2, -0.15) is 0 Å². The summed E-state index contributed by atoms with van der Waals surface area (Å²) in [7, 11) is 1.74. The van der Waals surface area contributed by atoms with E-state index in [1.54, 1.807) is 48.3 Å². The van der Waals surface area contributed by atoms with Crippen molar-refractivity contribution in [3.05, 3.63) is 160 Å². The highest BCUT2D eigenvalue weighted by molar-refractivity contribution is 5.96. The van der Waals surface area contributed by atoms with E-state index in [9.17, 15) is 29.4 Å². The Kier molecular flexibility index (Phi) is 14.6. The van der Waals surface area contributed by atoms with Crippen LogP contribution in [-0.4, -0.2) is 83.4 Å². The van der Waals surface area contributed by atoms with Crippen molar-refractivity contribution >= 4 is 40.2 Å². The molecule has 0 spiro atoms. The molecule has 13 nitrogen and oxygen atoms in total. The summed E-state index contributed by atoms with van der Waals surface area (Å²) in [5.41, 5.74) is 6.39. The first-order valence-corrected chi connectivity index (χ1v) is 21.3. The summed E-state index contributed by atoms with van der Waals surface area (Å²) in [5, 5.41) is 31.0. The number of rotatable bonds is 16. The maximum atomic E-state index is 13.2. The van der Waals surface area contributed by atoms with Crippen LogP contribution in [0.2, 0.25) is 0 Å². The number of nitrogens with zero attached hydrogens (tertiary/aromatic N) is 2. The number of carbonyl (C=O) groups is 3. The first-order valence-electron chi connectivity index (χ1n) is 21.3. The quantitative estimate of drug-likeness (QED) is 0.0591. The van der Waals surface area contributed by atoms with Gasteiger partial charge in [-0.3, -0.25) is 19.7 Å². The summed E-state index contributed by atoms with van der Waals surface area (Å²) >= 11 is 0. The van der Waals surface area contributed by atoms with Crippen molar-refractivity contribution in [3.63, 3.8) is 0 Å². The molecule has 1 aliphatic heterocycles. The molecule has 0 unspecified atom stereocenters. The van der Waals surface area contributed by atoms with Gasteiger partial charge in [-0.15, -0.1) is 0 Å². The fourth-order valence-corrected chi connectivity index (χ4v) is 7.95. The van der Waals surface area contributed by atoms with Crippen LogP contribution in [0.15, 0.2) is 132 Å². The number of phenolic OH excluding ortho intramolecular Hbond substituents is 1. The summed E-state index contributed by atoms with van der Waals surface area (Å²) in [5.74, 6) is -0.314. The number of nitrogens with one attached hydrogen (secondary N) is 4. The van der Waals surface area contributed by atoms with Crippen LogP contribution in [0.1, 0.15) is 59.3 Å². The number of aromatic hydroxyl groups is 1. The van der Waals surface area contributed by atoms with Crippen molar-refractivity contribution in [3.8, 4) is 16.9 Å². The van der Waals surface area contributed by atoms with Crippen molar-refractivity contribution in [1.29, 1.82) is 0 Å². The van der Waals surface area contributed by atoms with Crippen LogP contribution in [-0.2, 0) is 22.5 Å². The number of pyridine rings is 1. The Morgan fingerprint density at radius 2 is 1.60 bits per heavy atom. The second-order valence-corrected chi connectivity index (χ2v) is 16.0. The summed E-state index contributed by atoms with van der Waals surface area (Å²) in [4.78, 5) is 57.3. The van der Waals surface area contributed by atoms with Gasteiger partial charge in [-0.05, 0) is 90.9 Å². The van der Waals surface area contributed by atoms with Crippen molar-refractivity contribution < 1.29 is 29.3 Å². The lowest BCUT2D eigenvalue weighted by Crippen LogP contribution is -2.40. The first-order chi connectivity index (χ1) is 30.5. The van der Waals surface area contributed by atoms with Crippen LogP contribution in [0.4, 0.5) is 16.2 Å². The molecule has 2 heterocycles. The Labute approximate surface area is 366 Å². The number of benzene rings is 5. The topological polar surface area (TPSA) is 176 Å². The van der Waals surface area contributed by atoms with E-state index in [1.807, 2.05) is 85.8 Å². The zero-order chi connectivity index (χ0) is 44.3. The molecule has 0 bridgehead atoms. The zero-order valence-corrected chi connectivity index (χ0v) is 35.6. The number of para-hydroxylation sites is 1. The number of phenols is 1. The first kappa shape index (κ1) is 44.3. The molecule has 3 amide bonds. The lowest BCUT2D eigenvalue weighted by Gasteiger charge is -2.31. The second-order valence-electron chi connectivity index (χ2n) is 16.0. The largest absolute Gasteiger partial charge is 0.506 e. The number of aromatic nitrogens is 1. The maximum absolute atomic E-state index is 13.2. The number of amides is 3. The van der Waals surface area contributed by atoms with Gasteiger partial charge in [0.25, 0.3) is 5.91 Å². The standard InChI is InChI=1S/C50H54N6O7/c1-33(51-32-45(58)41-19-21-44(57)48-42(41)20-22-46(59)54-48)29-34-9-8-10-35(30-34)31-52-49(61)37-15-17-38(18-16-37)55(2)47(60)25-28-56-26-23-39(24-27-56)63-50(62)53-43-14-7-6-13-40(43)36-11-4-3-5-12-36/h3-22,30,33,39,45,51,57-58H,23-29,31-32H2,1-2H3,(H,52,61)(H,53,62)(H,54,59)/t33-,45+/m1/s1. The number of anilines is 2. The van der Waals surface area contributed by atoms with Gasteiger partial charge in [-0.25, -0.2) is 4.79 Å². The van der Waals surface area contributed by atoms with Crippen LogP contribution >= 0.6 is 0 Å². The van der Waals surface area contributed by atoms with Gasteiger partial charge < -0.3 is 40.4 Å². The number of aromatic amines is 1. The number of hydrogen-bond acceptors (Lipinski definition) is 9. The molecule has 0 saturated carbocycles. The number of piperidine rings is 1. The van der Waals surface area contributed by atoms with Gasteiger partial charge in [0.15, 0.2) is 0 Å². The molecular weight excluding hydrogens is 797 g/mol. The molecule has 326 valence electrons. The normalized spacial score (nSPS) is 14.1. The Balaban J connectivity index is 0.807. The molecule has 63 heavy (non-hydrogen) atoms. The van der Waals surface area contributed by atoms with Gasteiger partial charge in [-0.1, -0.05) is 78.9 Å². The van der Waals surface area contributed by atoms with Crippen LogP contribution in [0.5, 0.6) is 5.75 Å². The lowest BCUT2D eigenvalue weighted by molar-refractivity contribution is -0.118. The number of ether oxygens (including phenoxy) is 1. The molecule has 13 heteroatoms. The average Bonchev–Trinajstić information content (AvgIpc) is 3.30. The fourth-order valence-electron chi connectivity index (χ4n) is 7.95. The van der Waals surface area contributed by atoms with Crippen LogP contribution in [0.25, 0.3) is 22.0 Å². The number of likely N-dealkylation sites (tertiary alicyclic amines) is 1. The average molecular weight is 851 g/mol. The van der Waals surface area contributed by atoms with Crippen molar-refractivity contribution in [2.24, 2.45) is 0 Å². The molecule has 5 aromatic carbocycles. The number of aliphatic hydroxyl groups excluding tert-OH is 1. The monoisotopic (exact) mass is 850 g/mol. The molecule has 1 aromatic heterocycles. The highest BCUT2D eigenvalue weighted by Gasteiger charge is 2.24. The predicted molar refractivity (Wildman–Crippen MR) is 246 cm³/mol. The molecule has 0 aliphatic carbocycles. The van der Waals surface area contributed by atoms with E-state index in [0.29, 0.717) is 72.2 Å². The van der Waals surface area contributed by atoms with Crippen LogP contribution in [0.3, 0.4) is 0 Å². The Morgan fingerprint density at radius 3 is 2.38 bits per heavy atom. The fraction of sp³-hybridized carbons (Fsp3) is 0.280. The van der Waals surface area contributed by atoms with E-state index >= 15 is 0 Å². The van der Waals surface area contributed by atoms with Gasteiger partial charge in [0.2, 0.25) is 11.5 Å². The van der Waals surface area contributed by atoms with Gasteiger partial charge in [0.1, 0.15) is 11.9 Å². The van der Waals surface area contributed by atoms with Crippen molar-refractivity contribution in [2.45, 2.75) is 57.4 Å². The SMILES string of the molecule is C[C@H](Cc1cccc(CNC(=O)c2ccc(N(C)C(=O)CCN3CCC(OC(=O)Nc4ccccc4-c4ccccc4)CC3)cc2)c1)NC[C@H](O)c1ccc(O)c2[nH]c(=O)ccc12. The molecule has 2 atom stereocenters. The zero-order valence-electron chi connectivity index (χ0n) is 35.6. The molecule has 1 fully saturated rings. The molecular formula is C50H54N6O7. The Hall–Kier alpha value is -6.80. The number of fused-ring (bicyclic) bond motifs is 1. The minimum absolute atomic E-state index is 0.0192. The van der Waals surface area contributed by atoms with Gasteiger partial charge >= 0.3 is 6.09 Å². The lowest BCUT2D eigenvalue weighted by atomic mass is 10.0. The predicted octanol–water partition coefficient (Wildman–Crippen LogP) is 7.15. The molecule has 6 aromatic rings. The van der Waals surface area contributed by atoms with E-state index in [2.05, 4.69) is 25.8 Å². The third kappa shape index (κ3) is 11.8. The van der Waals surface area contributed by atoms with Crippen LogP contribution in [0, 0.1) is 0 Å². The van der Waals surface area contributed by atoms with Crippen LogP contribution < -0.4 is 26.4 Å². The highest BCUT2D eigenvalue weighted by Crippen LogP contribution is 2.30. The third-order valence-corrected chi connectivity index (χ3v) is 11.5. The van der Waals surface area contributed by atoms with E-state index in [0.717, 1.165) is 35.3 Å². The number of aliphatic hydroxyl groups is 1. The van der Waals surface area contributed by atoms with Crippen molar-refractivity contribution in [1.82, 2.24) is 20.5 Å². The maximum Gasteiger partial charge on any atom is 0.411 e. The van der Waals surface area contributed by atoms with E-state index in [-0.39, 0.29) is 41.8 Å². The molecule has 1 aliphatic rings. The molecule has 7 rings (SSSR count). The molecule has 1 saturated heterocycles. The molecule has 6 N–H and O–H groups in total. The Morgan fingerprint density at radius 1 is 0.873 bits per heavy atom. The van der Waals surface area contributed by atoms with E-state index < -0.39 is 12.2 Å². The minimum atomic E-state index is -0.862. The molecule has 0 radical (unpaired) electrons. The van der Waals surface area contributed by atoms with Gasteiger partial charge in [0.05, 0.1) is 17.3 Å². The summed E-state index contributed by atoms with van der Waals surface area (Å²) in [6.45, 7) is 4.67. The van der Waals surface area contributed by atoms with E-state index in [4.69, 9.17) is 4.74 Å². The van der Waals surface area contributed by atoms with Crippen molar-refractivity contribution in [2.75, 3.05) is 43.4 Å². The number of hydrogen-bond donors (Lipinski definition) is 6. The minimum Gasteiger partial charge on any atom is -0.506 e. The number of carbonyl (C=O) groups excluding carboxylic acids is 3. The summed E-state index contributed by atoms with van der Waals surface area (Å²) in [6.07, 6.45) is 0.847. The highest BCUT2D eigenvalue weighted by atomic mass is 16.6. The second kappa shape index (κ2) is 20.8. The third-order valence-electron chi connectivity index (χ3n) is 11.5. The summed E-state index contributed by atoms with van der Waals surface area (Å²) in [6, 6.07) is 38.6. The van der Waals surface area contributed by atoms with Gasteiger partial charge in [0, 0.05) is 80.5 Å². The smallest absolute Gasteiger partial charge is 0.411 e. The number of H-pyrrole nitrogens is 1. The van der Waals surface area contributed by atoms with E-state index in [1.165, 1.54) is 12.1 Å². The summed E-state index contributed by atoms with van der Waals surface area (Å²) < 4.78 is 5.77.